The molecule has 0 unspecified atom stereocenters. The summed E-state index contributed by atoms with van der Waals surface area (Å²) in [6.45, 7) is 9.22. The minimum atomic E-state index is -0.227. The summed E-state index contributed by atoms with van der Waals surface area (Å²) in [6.07, 6.45) is 3.36. The molecule has 2 aromatic carbocycles. The maximum Gasteiger partial charge on any atom is 0.265 e. The third-order valence-corrected chi connectivity index (χ3v) is 6.96. The highest BCUT2D eigenvalue weighted by atomic mass is 16.2. The van der Waals surface area contributed by atoms with E-state index in [1.54, 1.807) is 6.20 Å². The van der Waals surface area contributed by atoms with Gasteiger partial charge in [-0.2, -0.15) is 4.98 Å². The lowest BCUT2D eigenvalue weighted by atomic mass is 9.90. The Kier molecular flexibility index (Phi) is 7.65. The maximum atomic E-state index is 12.5. The van der Waals surface area contributed by atoms with Crippen LogP contribution in [0, 0.1) is 0 Å². The number of anilines is 4. The van der Waals surface area contributed by atoms with Crippen LogP contribution in [0.3, 0.4) is 0 Å². The van der Waals surface area contributed by atoms with Gasteiger partial charge >= 0.3 is 0 Å². The van der Waals surface area contributed by atoms with Crippen LogP contribution in [0.1, 0.15) is 56.9 Å². The van der Waals surface area contributed by atoms with Gasteiger partial charge in [0.05, 0.1) is 6.20 Å². The second kappa shape index (κ2) is 11.3. The van der Waals surface area contributed by atoms with E-state index < -0.39 is 0 Å². The topological polar surface area (TPSA) is 129 Å². The quantitative estimate of drug-likeness (QED) is 0.252. The molecule has 5 rings (SSSR count). The summed E-state index contributed by atoms with van der Waals surface area (Å²) in [6, 6.07) is 16.8. The van der Waals surface area contributed by atoms with Gasteiger partial charge in [-0.1, -0.05) is 24.3 Å². The van der Waals surface area contributed by atoms with Crippen molar-refractivity contribution in [3.63, 3.8) is 0 Å². The summed E-state index contributed by atoms with van der Waals surface area (Å²) in [4.78, 5) is 38.2. The highest BCUT2D eigenvalue weighted by Gasteiger charge is 2.31. The number of piperidine rings is 1. The zero-order valence-electron chi connectivity index (χ0n) is 23.2. The normalized spacial score (nSPS) is 15.1. The molecular weight excluding hydrogens is 506 g/mol. The van der Waals surface area contributed by atoms with Crippen molar-refractivity contribution in [3.8, 4) is 0 Å². The molecule has 0 radical (unpaired) electrons. The zero-order valence-corrected chi connectivity index (χ0v) is 23.2. The van der Waals surface area contributed by atoms with Crippen LogP contribution < -0.4 is 21.4 Å². The van der Waals surface area contributed by atoms with E-state index in [-0.39, 0.29) is 23.4 Å². The van der Waals surface area contributed by atoms with Crippen molar-refractivity contribution < 1.29 is 9.59 Å². The van der Waals surface area contributed by atoms with Gasteiger partial charge in [0, 0.05) is 48.5 Å². The van der Waals surface area contributed by atoms with Crippen LogP contribution in [-0.4, -0.2) is 55.0 Å². The standard InChI is InChI=1S/C29H35N9O2/c1-19(2)38-25-24(33-28(38)32-23-12-8-11-22(17-23)31-20(3)39)18-30-27(34-25)35-29(4)13-15-37(16-14-29)36-26(40)21-9-6-5-7-10-21/h5-12,17-19H,13-16H2,1-4H3,(H,31,39)(H,32,33)(H,36,40)(H,30,34,35). The first-order valence-electron chi connectivity index (χ1n) is 13.5. The molecule has 2 amide bonds. The highest BCUT2D eigenvalue weighted by Crippen LogP contribution is 2.29. The van der Waals surface area contributed by atoms with E-state index in [4.69, 9.17) is 9.97 Å². The molecule has 0 saturated carbocycles. The number of fused-ring (bicyclic) bond motifs is 1. The number of amides is 2. The van der Waals surface area contributed by atoms with Crippen molar-refractivity contribution in [1.82, 2.24) is 30.0 Å². The number of hydrogen-bond acceptors (Lipinski definition) is 8. The van der Waals surface area contributed by atoms with Crippen molar-refractivity contribution in [3.05, 3.63) is 66.4 Å². The zero-order chi connectivity index (χ0) is 28.3. The molecule has 0 atom stereocenters. The smallest absolute Gasteiger partial charge is 0.265 e. The van der Waals surface area contributed by atoms with Gasteiger partial charge in [-0.3, -0.25) is 19.6 Å². The SMILES string of the molecule is CC(=O)Nc1cccc(Nc2nc3cnc(NC4(C)CCN(NC(=O)c5ccccc5)CC4)nc3n2C(C)C)c1. The molecule has 4 aromatic rings. The summed E-state index contributed by atoms with van der Waals surface area (Å²) in [7, 11) is 0. The number of carbonyl (C=O) groups is 2. The number of benzene rings is 2. The second-order valence-corrected chi connectivity index (χ2v) is 10.7. The number of aromatic nitrogens is 4. The van der Waals surface area contributed by atoms with Crippen LogP contribution in [-0.2, 0) is 4.79 Å². The fourth-order valence-electron chi connectivity index (χ4n) is 4.84. The molecule has 0 aliphatic carbocycles. The number of rotatable bonds is 8. The molecule has 208 valence electrons. The van der Waals surface area contributed by atoms with Gasteiger partial charge in [-0.25, -0.2) is 15.0 Å². The number of nitrogens with one attached hydrogen (secondary N) is 4. The predicted octanol–water partition coefficient (Wildman–Crippen LogP) is 4.72. The number of imidazole rings is 1. The summed E-state index contributed by atoms with van der Waals surface area (Å²) < 4.78 is 2.04. The van der Waals surface area contributed by atoms with Crippen LogP contribution >= 0.6 is 0 Å². The lowest BCUT2D eigenvalue weighted by Gasteiger charge is -2.39. The third kappa shape index (κ3) is 6.20. The third-order valence-electron chi connectivity index (χ3n) is 6.96. The van der Waals surface area contributed by atoms with Gasteiger partial charge in [0.1, 0.15) is 5.52 Å². The Balaban J connectivity index is 1.29. The first-order chi connectivity index (χ1) is 19.2. The average molecular weight is 542 g/mol. The summed E-state index contributed by atoms with van der Waals surface area (Å²) in [5, 5.41) is 11.7. The van der Waals surface area contributed by atoms with Crippen molar-refractivity contribution in [2.45, 2.75) is 52.1 Å². The van der Waals surface area contributed by atoms with Gasteiger partial charge in [-0.05, 0) is 63.9 Å². The van der Waals surface area contributed by atoms with Gasteiger partial charge in [0.25, 0.3) is 5.91 Å². The molecule has 1 aliphatic heterocycles. The molecule has 11 heteroatoms. The van der Waals surface area contributed by atoms with Crippen molar-refractivity contribution in [2.75, 3.05) is 29.0 Å². The Bertz CT molecular complexity index is 1510. The molecule has 1 fully saturated rings. The summed E-state index contributed by atoms with van der Waals surface area (Å²) >= 11 is 0. The fraction of sp³-hybridized carbons (Fsp3) is 0.345. The molecule has 4 N–H and O–H groups in total. The maximum absolute atomic E-state index is 12.5. The van der Waals surface area contributed by atoms with Gasteiger partial charge in [0.2, 0.25) is 17.8 Å². The highest BCUT2D eigenvalue weighted by molar-refractivity contribution is 5.93. The molecule has 1 aliphatic rings. The van der Waals surface area contributed by atoms with Crippen LogP contribution in [0.25, 0.3) is 11.2 Å². The molecular formula is C29H35N9O2. The molecule has 11 nitrogen and oxygen atoms in total. The number of nitrogens with zero attached hydrogens (tertiary/aromatic N) is 5. The Hall–Kier alpha value is -4.51. The predicted molar refractivity (Wildman–Crippen MR) is 156 cm³/mol. The van der Waals surface area contributed by atoms with Gasteiger partial charge in [-0.15, -0.1) is 0 Å². The minimum absolute atomic E-state index is 0.0841. The summed E-state index contributed by atoms with van der Waals surface area (Å²) in [5.74, 6) is 0.959. The van der Waals surface area contributed by atoms with E-state index >= 15 is 0 Å². The Morgan fingerprint density at radius 2 is 1.70 bits per heavy atom. The lowest BCUT2D eigenvalue weighted by molar-refractivity contribution is -0.114. The van der Waals surface area contributed by atoms with E-state index in [0.29, 0.717) is 41.8 Å². The second-order valence-electron chi connectivity index (χ2n) is 10.7. The average Bonchev–Trinajstić information content (AvgIpc) is 3.27. The molecule has 0 bridgehead atoms. The van der Waals surface area contributed by atoms with E-state index in [2.05, 4.69) is 47.1 Å². The Labute approximate surface area is 233 Å². The van der Waals surface area contributed by atoms with Crippen LogP contribution in [0.15, 0.2) is 60.8 Å². The number of carbonyl (C=O) groups excluding carboxylic acids is 2. The van der Waals surface area contributed by atoms with E-state index in [9.17, 15) is 9.59 Å². The Morgan fingerprint density at radius 1 is 0.975 bits per heavy atom. The first-order valence-corrected chi connectivity index (χ1v) is 13.5. The van der Waals surface area contributed by atoms with E-state index in [0.717, 1.165) is 24.2 Å². The first kappa shape index (κ1) is 27.1. The lowest BCUT2D eigenvalue weighted by Crippen LogP contribution is -2.53. The molecule has 0 spiro atoms. The van der Waals surface area contributed by atoms with Gasteiger partial charge < -0.3 is 16.0 Å². The minimum Gasteiger partial charge on any atom is -0.349 e. The number of hydrazine groups is 1. The van der Waals surface area contributed by atoms with Crippen molar-refractivity contribution >= 4 is 46.2 Å². The van der Waals surface area contributed by atoms with Gasteiger partial charge in [0.15, 0.2) is 5.65 Å². The largest absolute Gasteiger partial charge is 0.349 e. The Morgan fingerprint density at radius 3 is 2.40 bits per heavy atom. The van der Waals surface area contributed by atoms with Crippen LogP contribution in [0.5, 0.6) is 0 Å². The van der Waals surface area contributed by atoms with Crippen LogP contribution in [0.2, 0.25) is 0 Å². The van der Waals surface area contributed by atoms with Crippen molar-refractivity contribution in [2.24, 2.45) is 0 Å². The molecule has 40 heavy (non-hydrogen) atoms. The monoisotopic (exact) mass is 541 g/mol. The van der Waals surface area contributed by atoms with E-state index in [1.165, 1.54) is 6.92 Å². The molecule has 1 saturated heterocycles. The molecule has 3 heterocycles. The van der Waals surface area contributed by atoms with Crippen molar-refractivity contribution in [1.29, 1.82) is 0 Å². The van der Waals surface area contributed by atoms with E-state index in [1.807, 2.05) is 64.2 Å². The summed E-state index contributed by atoms with van der Waals surface area (Å²) in [5.41, 5.74) is 6.34. The molecule has 2 aromatic heterocycles. The number of hydrogen-bond donors (Lipinski definition) is 4. The fourth-order valence-corrected chi connectivity index (χ4v) is 4.84. The van der Waals surface area contributed by atoms with Crippen LogP contribution in [0.4, 0.5) is 23.3 Å².